The van der Waals surface area contributed by atoms with Crippen LogP contribution in [-0.4, -0.2) is 0 Å². The smallest absolute Gasteiger partial charge is 0.143 e. The number of furan rings is 1. The minimum absolute atomic E-state index is 0.0990. The molecular formula is C52H35NO. The maximum atomic E-state index is 9.69. The molecule has 0 saturated carbocycles. The van der Waals surface area contributed by atoms with Gasteiger partial charge in [0.05, 0.1) is 42.7 Å². The van der Waals surface area contributed by atoms with E-state index in [1.165, 1.54) is 24.3 Å². The van der Waals surface area contributed by atoms with E-state index >= 15 is 0 Å². The van der Waals surface area contributed by atoms with Gasteiger partial charge < -0.3 is 9.32 Å². The molecule has 1 heterocycles. The van der Waals surface area contributed by atoms with Gasteiger partial charge in [0.1, 0.15) is 11.2 Å². The number of hydrogen-bond donors (Lipinski definition) is 0. The second-order valence-corrected chi connectivity index (χ2v) is 11.6. The summed E-state index contributed by atoms with van der Waals surface area (Å²) in [6.45, 7) is 0. The molecule has 0 atom stereocenters. The van der Waals surface area contributed by atoms with Crippen molar-refractivity contribution in [2.24, 2.45) is 0 Å². The van der Waals surface area contributed by atoms with Crippen molar-refractivity contribution in [3.8, 4) is 44.5 Å². The van der Waals surface area contributed by atoms with Crippen LogP contribution in [0.4, 0.5) is 17.1 Å². The van der Waals surface area contributed by atoms with E-state index in [4.69, 9.17) is 27.7 Å². The van der Waals surface area contributed by atoms with E-state index in [9.17, 15) is 13.7 Å². The van der Waals surface area contributed by atoms with Crippen molar-refractivity contribution in [2.45, 2.75) is 0 Å². The van der Waals surface area contributed by atoms with Crippen LogP contribution in [0.15, 0.2) is 216 Å². The van der Waals surface area contributed by atoms with Gasteiger partial charge in [-0.05, 0) is 80.8 Å². The fourth-order valence-electron chi connectivity index (χ4n) is 6.16. The van der Waals surface area contributed by atoms with Gasteiger partial charge >= 0.3 is 0 Å². The van der Waals surface area contributed by atoms with Crippen LogP contribution in [0.3, 0.4) is 0 Å². The quantitative estimate of drug-likeness (QED) is 0.163. The fraction of sp³-hybridized carbons (Fsp3) is 0. The van der Waals surface area contributed by atoms with Crippen LogP contribution in [-0.2, 0) is 0 Å². The van der Waals surface area contributed by atoms with Gasteiger partial charge in [0.2, 0.25) is 0 Å². The normalized spacial score (nSPS) is 18.3. The summed E-state index contributed by atoms with van der Waals surface area (Å²) in [4.78, 5) is 0.910. The molecule has 54 heavy (non-hydrogen) atoms. The van der Waals surface area contributed by atoms with E-state index in [2.05, 4.69) is 0 Å². The Labute approximate surface area is 352 Å². The first-order valence-electron chi connectivity index (χ1n) is 29.7. The SMILES string of the molecule is [2H]c1c([2H])c([2H])c(-c2c([2H])c([2H])c(-c3c([2H])c([2H])c(-c4c([2H])c([2H])c(N(c5c([2H])c([2H])c([2H])c([2H])c5[2H])c5cc6c(oc7cccc(-c8c([2H])c([2H])c([2H])c([2H])c8[2H])c76)c6ccccc56)c([2H])c4[2H])c([2H])c3[2H])c([2H])c2[2H])c([2H])c1[2H]. The summed E-state index contributed by atoms with van der Waals surface area (Å²) in [6.07, 6.45) is 0. The highest BCUT2D eigenvalue weighted by Crippen LogP contribution is 2.46. The Bertz CT molecular complexity index is 4340. The van der Waals surface area contributed by atoms with Crippen molar-refractivity contribution in [1.29, 1.82) is 0 Å². The molecule has 0 aliphatic heterocycles. The van der Waals surface area contributed by atoms with Crippen LogP contribution in [0.1, 0.15) is 37.0 Å². The Morgan fingerprint density at radius 2 is 0.852 bits per heavy atom. The topological polar surface area (TPSA) is 16.4 Å². The third-order valence-electron chi connectivity index (χ3n) is 8.54. The van der Waals surface area contributed by atoms with E-state index in [1.807, 2.05) is 0 Å². The van der Waals surface area contributed by atoms with Crippen molar-refractivity contribution in [2.75, 3.05) is 4.90 Å². The van der Waals surface area contributed by atoms with Crippen LogP contribution in [0.2, 0.25) is 0 Å². The molecule has 0 radical (unpaired) electrons. The predicted molar refractivity (Wildman–Crippen MR) is 228 cm³/mol. The highest BCUT2D eigenvalue weighted by Gasteiger charge is 2.21. The van der Waals surface area contributed by atoms with Gasteiger partial charge in [0.15, 0.2) is 0 Å². The molecule has 0 saturated heterocycles. The molecule has 2 heteroatoms. The Balaban J connectivity index is 1.26. The fourth-order valence-corrected chi connectivity index (χ4v) is 6.16. The predicted octanol–water partition coefficient (Wildman–Crippen LogP) is 14.9. The number of anilines is 3. The molecule has 10 aromatic rings. The number of benzene rings is 9. The van der Waals surface area contributed by atoms with Gasteiger partial charge in [-0.25, -0.2) is 0 Å². The summed E-state index contributed by atoms with van der Waals surface area (Å²) >= 11 is 0. The molecule has 0 unspecified atom stereocenters. The number of para-hydroxylation sites is 1. The Hall–Kier alpha value is -7.16. The minimum atomic E-state index is -1.05. The van der Waals surface area contributed by atoms with Crippen LogP contribution in [0, 0.1) is 0 Å². The molecule has 254 valence electrons. The average Bonchev–Trinajstić information content (AvgIpc) is 3.96. The molecule has 9 aromatic carbocycles. The lowest BCUT2D eigenvalue weighted by atomic mass is 9.97. The zero-order chi connectivity index (χ0) is 59.3. The average molecular weight is 717 g/mol. The van der Waals surface area contributed by atoms with E-state index in [0.29, 0.717) is 0 Å². The maximum absolute atomic E-state index is 9.69. The molecular weight excluding hydrogens is 655 g/mol. The van der Waals surface area contributed by atoms with E-state index in [-0.39, 0.29) is 49.5 Å². The van der Waals surface area contributed by atoms with Crippen molar-refractivity contribution in [3.63, 3.8) is 0 Å². The molecule has 0 bridgehead atoms. The maximum Gasteiger partial charge on any atom is 0.143 e. The third kappa shape index (κ3) is 5.62. The Morgan fingerprint density at radius 1 is 0.389 bits per heavy atom. The summed E-state index contributed by atoms with van der Waals surface area (Å²) in [6, 6.07) is -11.5. The first-order chi connectivity index (χ1) is 38.0. The number of hydrogen-bond acceptors (Lipinski definition) is 2. The Morgan fingerprint density at radius 3 is 1.43 bits per heavy atom. The number of rotatable bonds is 7. The van der Waals surface area contributed by atoms with Crippen molar-refractivity contribution in [1.82, 2.24) is 0 Å². The van der Waals surface area contributed by atoms with Gasteiger partial charge in [0, 0.05) is 32.9 Å². The van der Waals surface area contributed by atoms with E-state index < -0.39 is 208 Å². The lowest BCUT2D eigenvalue weighted by molar-refractivity contribution is 0.673. The minimum Gasteiger partial charge on any atom is -0.455 e. The number of fused-ring (bicyclic) bond motifs is 5. The lowest BCUT2D eigenvalue weighted by Crippen LogP contribution is -2.10. The van der Waals surface area contributed by atoms with Crippen molar-refractivity contribution < 1.29 is 41.4 Å². The largest absolute Gasteiger partial charge is 0.455 e. The molecule has 0 aliphatic carbocycles. The highest BCUT2D eigenvalue weighted by molar-refractivity contribution is 6.22. The van der Waals surface area contributed by atoms with Crippen molar-refractivity contribution >= 4 is 49.8 Å². The van der Waals surface area contributed by atoms with Crippen LogP contribution < -0.4 is 4.90 Å². The van der Waals surface area contributed by atoms with Gasteiger partial charge in [-0.15, -0.1) is 0 Å². The number of nitrogens with zero attached hydrogens (tertiary/aromatic N) is 1. The molecule has 0 N–H and O–H groups in total. The summed E-state index contributed by atoms with van der Waals surface area (Å²) in [7, 11) is 0. The summed E-state index contributed by atoms with van der Waals surface area (Å²) in [5.41, 5.74) is -6.11. The zero-order valence-electron chi connectivity index (χ0n) is 54.5. The molecule has 0 amide bonds. The summed E-state index contributed by atoms with van der Waals surface area (Å²) < 4.78 is 246. The molecule has 0 spiro atoms. The first kappa shape index (κ1) is 14.3. The van der Waals surface area contributed by atoms with Crippen LogP contribution in [0.5, 0.6) is 0 Å². The second-order valence-electron chi connectivity index (χ2n) is 11.6. The molecule has 2 nitrogen and oxygen atoms in total. The molecule has 10 rings (SSSR count). The summed E-state index contributed by atoms with van der Waals surface area (Å²) in [5.74, 6) is 0. The van der Waals surface area contributed by atoms with Gasteiger partial charge in [-0.2, -0.15) is 0 Å². The zero-order valence-corrected chi connectivity index (χ0v) is 27.5. The molecule has 0 fully saturated rings. The standard InChI is InChI=1S/C52H35NO/c1-4-13-36(14-5-1)37-23-25-38(26-24-37)39-27-29-40(30-28-39)41-31-33-44(34-32-41)53(43-17-8-3-9-18-43)49-35-48-51-45(42-15-6-2-7-16-42)21-12-22-50(51)54-52(48)47-20-11-10-19-46(47)49/h1-35H/i1D,2D,3D,4D,5D,6D,7D,8D,9D,13D,14D,15D,16D,17D,18D,23D,24D,25D,26D,27D,28D,29D,30D,31D,32D,33D,34D. The van der Waals surface area contributed by atoms with Crippen LogP contribution in [0.25, 0.3) is 77.2 Å². The van der Waals surface area contributed by atoms with E-state index in [1.54, 1.807) is 24.3 Å². The van der Waals surface area contributed by atoms with Gasteiger partial charge in [0.25, 0.3) is 0 Å². The van der Waals surface area contributed by atoms with Gasteiger partial charge in [-0.1, -0.05) is 175 Å². The Kier molecular flexibility index (Phi) is 3.57. The summed E-state index contributed by atoms with van der Waals surface area (Å²) in [5, 5.41) is 0.775. The second kappa shape index (κ2) is 13.4. The molecule has 1 aromatic heterocycles. The lowest BCUT2D eigenvalue weighted by Gasteiger charge is -2.27. The van der Waals surface area contributed by atoms with E-state index in [0.717, 1.165) is 4.90 Å². The molecule has 0 aliphatic rings. The van der Waals surface area contributed by atoms with Gasteiger partial charge in [-0.3, -0.25) is 0 Å². The monoisotopic (exact) mass is 716 g/mol. The first-order valence-corrected chi connectivity index (χ1v) is 16.2. The third-order valence-corrected chi connectivity index (χ3v) is 8.54. The van der Waals surface area contributed by atoms with Crippen molar-refractivity contribution in [3.05, 3.63) is 212 Å². The van der Waals surface area contributed by atoms with Crippen LogP contribution >= 0.6 is 0 Å². The highest BCUT2D eigenvalue weighted by atomic mass is 16.3.